The SMILES string of the molecule is CC(=O)N1CC2(CCN(Cc3ccc(F)cc3)CC2)[C@]2(CCN(C)C2=O)C1. The third-order valence-corrected chi connectivity index (χ3v) is 7.18. The molecule has 6 heteroatoms. The second kappa shape index (κ2) is 6.59. The van der Waals surface area contributed by atoms with Crippen molar-refractivity contribution in [2.45, 2.75) is 32.7 Å². The number of nitrogens with zero attached hydrogens (tertiary/aromatic N) is 3. The molecule has 2 spiro atoms. The van der Waals surface area contributed by atoms with Crippen LogP contribution >= 0.6 is 0 Å². The van der Waals surface area contributed by atoms with Crippen molar-refractivity contribution < 1.29 is 14.0 Å². The molecule has 0 aliphatic carbocycles. The van der Waals surface area contributed by atoms with Crippen LogP contribution in [0.4, 0.5) is 4.39 Å². The highest BCUT2D eigenvalue weighted by Crippen LogP contribution is 2.57. The molecule has 3 aliphatic heterocycles. The molecular weight excluding hydrogens is 345 g/mol. The average molecular weight is 373 g/mol. The number of carbonyl (C=O) groups excluding carboxylic acids is 2. The molecule has 146 valence electrons. The lowest BCUT2D eigenvalue weighted by Gasteiger charge is -2.46. The van der Waals surface area contributed by atoms with Crippen molar-refractivity contribution in [1.29, 1.82) is 0 Å². The summed E-state index contributed by atoms with van der Waals surface area (Å²) in [7, 11) is 1.88. The largest absolute Gasteiger partial charge is 0.345 e. The minimum atomic E-state index is -0.407. The van der Waals surface area contributed by atoms with Crippen molar-refractivity contribution in [3.8, 4) is 0 Å². The average Bonchev–Trinajstić information content (AvgIpc) is 3.13. The van der Waals surface area contributed by atoms with Crippen molar-refractivity contribution in [2.75, 3.05) is 39.8 Å². The Labute approximate surface area is 160 Å². The highest BCUT2D eigenvalue weighted by molar-refractivity contribution is 5.88. The van der Waals surface area contributed by atoms with E-state index in [-0.39, 0.29) is 23.0 Å². The monoisotopic (exact) mass is 373 g/mol. The van der Waals surface area contributed by atoms with Crippen molar-refractivity contribution in [2.24, 2.45) is 10.8 Å². The van der Waals surface area contributed by atoms with E-state index in [1.54, 1.807) is 6.92 Å². The van der Waals surface area contributed by atoms with E-state index in [0.29, 0.717) is 13.1 Å². The van der Waals surface area contributed by atoms with E-state index < -0.39 is 5.41 Å². The molecule has 1 atom stereocenters. The Balaban J connectivity index is 1.51. The first kappa shape index (κ1) is 18.4. The maximum Gasteiger partial charge on any atom is 0.231 e. The fraction of sp³-hybridized carbons (Fsp3) is 0.619. The molecule has 1 aromatic rings. The van der Waals surface area contributed by atoms with Gasteiger partial charge >= 0.3 is 0 Å². The number of amides is 2. The fourth-order valence-corrected chi connectivity index (χ4v) is 5.48. The van der Waals surface area contributed by atoms with Gasteiger partial charge in [0.15, 0.2) is 0 Å². The molecule has 3 saturated heterocycles. The van der Waals surface area contributed by atoms with E-state index in [0.717, 1.165) is 51.0 Å². The van der Waals surface area contributed by atoms with Gasteiger partial charge in [-0.2, -0.15) is 0 Å². The van der Waals surface area contributed by atoms with E-state index in [4.69, 9.17) is 0 Å². The predicted octanol–water partition coefficient (Wildman–Crippen LogP) is 2.12. The molecule has 27 heavy (non-hydrogen) atoms. The molecule has 4 rings (SSSR count). The quantitative estimate of drug-likeness (QED) is 0.798. The van der Waals surface area contributed by atoms with Crippen molar-refractivity contribution in [3.05, 3.63) is 35.6 Å². The Kier molecular flexibility index (Phi) is 4.49. The Morgan fingerprint density at radius 3 is 2.30 bits per heavy atom. The van der Waals surface area contributed by atoms with E-state index in [1.807, 2.05) is 29.0 Å². The van der Waals surface area contributed by atoms with E-state index >= 15 is 0 Å². The summed E-state index contributed by atoms with van der Waals surface area (Å²) in [5.41, 5.74) is 0.588. The number of benzene rings is 1. The minimum absolute atomic E-state index is 0.0716. The predicted molar refractivity (Wildman–Crippen MR) is 100 cm³/mol. The van der Waals surface area contributed by atoms with Gasteiger partial charge in [0.05, 0.1) is 5.41 Å². The molecule has 0 unspecified atom stereocenters. The summed E-state index contributed by atoms with van der Waals surface area (Å²) in [6, 6.07) is 6.68. The molecule has 0 aromatic heterocycles. The van der Waals surface area contributed by atoms with Gasteiger partial charge in [0.25, 0.3) is 0 Å². The van der Waals surface area contributed by atoms with Gasteiger partial charge in [-0.05, 0) is 50.0 Å². The van der Waals surface area contributed by atoms with Gasteiger partial charge in [-0.3, -0.25) is 14.5 Å². The Bertz CT molecular complexity index is 742. The number of hydrogen-bond donors (Lipinski definition) is 0. The summed E-state index contributed by atoms with van der Waals surface area (Å²) in [5.74, 6) is 0.0815. The Morgan fingerprint density at radius 2 is 1.74 bits per heavy atom. The molecule has 0 N–H and O–H groups in total. The summed E-state index contributed by atoms with van der Waals surface area (Å²) in [6.45, 7) is 6.28. The van der Waals surface area contributed by atoms with E-state index in [9.17, 15) is 14.0 Å². The first-order chi connectivity index (χ1) is 12.9. The topological polar surface area (TPSA) is 43.9 Å². The highest BCUT2D eigenvalue weighted by Gasteiger charge is 2.65. The molecule has 3 aliphatic rings. The Hall–Kier alpha value is -1.95. The number of fused-ring (bicyclic) bond motifs is 1. The number of piperidine rings is 1. The highest BCUT2D eigenvalue weighted by atomic mass is 19.1. The van der Waals surface area contributed by atoms with Crippen molar-refractivity contribution >= 4 is 11.8 Å². The Morgan fingerprint density at radius 1 is 1.07 bits per heavy atom. The summed E-state index contributed by atoms with van der Waals surface area (Å²) in [6.07, 6.45) is 2.71. The van der Waals surface area contributed by atoms with Gasteiger partial charge < -0.3 is 9.80 Å². The molecule has 2 amide bonds. The smallest absolute Gasteiger partial charge is 0.231 e. The lowest BCUT2D eigenvalue weighted by Crippen LogP contribution is -2.52. The summed E-state index contributed by atoms with van der Waals surface area (Å²) >= 11 is 0. The number of hydrogen-bond acceptors (Lipinski definition) is 3. The van der Waals surface area contributed by atoms with Gasteiger partial charge in [0.2, 0.25) is 11.8 Å². The van der Waals surface area contributed by atoms with Crippen LogP contribution < -0.4 is 0 Å². The second-order valence-electron chi connectivity index (χ2n) is 8.62. The van der Waals surface area contributed by atoms with E-state index in [1.165, 1.54) is 12.1 Å². The van der Waals surface area contributed by atoms with Gasteiger partial charge in [0.1, 0.15) is 5.82 Å². The molecule has 3 fully saturated rings. The van der Waals surface area contributed by atoms with Crippen LogP contribution in [0.25, 0.3) is 0 Å². The van der Waals surface area contributed by atoms with Gasteiger partial charge in [0, 0.05) is 45.6 Å². The summed E-state index contributed by atoms with van der Waals surface area (Å²) < 4.78 is 13.1. The number of rotatable bonds is 2. The summed E-state index contributed by atoms with van der Waals surface area (Å²) in [5, 5.41) is 0. The maximum absolute atomic E-state index is 13.1. The normalized spacial score (nSPS) is 27.9. The van der Waals surface area contributed by atoms with Crippen LogP contribution in [0, 0.1) is 16.6 Å². The molecule has 0 bridgehead atoms. The van der Waals surface area contributed by atoms with Crippen LogP contribution in [0.15, 0.2) is 24.3 Å². The van der Waals surface area contributed by atoms with Gasteiger partial charge in [-0.25, -0.2) is 4.39 Å². The third kappa shape index (κ3) is 2.94. The lowest BCUT2D eigenvalue weighted by atomic mass is 9.60. The van der Waals surface area contributed by atoms with Gasteiger partial charge in [-0.1, -0.05) is 12.1 Å². The van der Waals surface area contributed by atoms with Crippen molar-refractivity contribution in [3.63, 3.8) is 0 Å². The second-order valence-corrected chi connectivity index (χ2v) is 8.62. The van der Waals surface area contributed by atoms with Crippen LogP contribution in [0.1, 0.15) is 31.7 Å². The van der Waals surface area contributed by atoms with Crippen molar-refractivity contribution in [1.82, 2.24) is 14.7 Å². The molecule has 0 saturated carbocycles. The standard InChI is InChI=1S/C21H28FN3O2/c1-16(26)25-14-20(21(15-25)9-10-23(2)19(21)27)7-11-24(12-8-20)13-17-3-5-18(22)6-4-17/h3-6H,7-15H2,1-2H3/t21-/m1/s1. The molecule has 1 aromatic carbocycles. The first-order valence-electron chi connectivity index (χ1n) is 9.83. The summed E-state index contributed by atoms with van der Waals surface area (Å²) in [4.78, 5) is 31.3. The van der Waals surface area contributed by atoms with Crippen LogP contribution in [0.5, 0.6) is 0 Å². The third-order valence-electron chi connectivity index (χ3n) is 7.18. The number of halogens is 1. The maximum atomic E-state index is 13.1. The van der Waals surface area contributed by atoms with Crippen LogP contribution in [-0.4, -0.2) is 66.3 Å². The zero-order chi connectivity index (χ0) is 19.2. The minimum Gasteiger partial charge on any atom is -0.345 e. The molecule has 3 heterocycles. The van der Waals surface area contributed by atoms with Crippen LogP contribution in [0.3, 0.4) is 0 Å². The molecule has 5 nitrogen and oxygen atoms in total. The first-order valence-corrected chi connectivity index (χ1v) is 9.83. The van der Waals surface area contributed by atoms with Crippen LogP contribution in [-0.2, 0) is 16.1 Å². The number of carbonyl (C=O) groups is 2. The number of likely N-dealkylation sites (tertiary alicyclic amines) is 3. The zero-order valence-electron chi connectivity index (χ0n) is 16.2. The van der Waals surface area contributed by atoms with Gasteiger partial charge in [-0.15, -0.1) is 0 Å². The van der Waals surface area contributed by atoms with Crippen LogP contribution in [0.2, 0.25) is 0 Å². The molecular formula is C21H28FN3O2. The molecule has 0 radical (unpaired) electrons. The zero-order valence-corrected chi connectivity index (χ0v) is 16.2. The van der Waals surface area contributed by atoms with E-state index in [2.05, 4.69) is 4.90 Å². The fourth-order valence-electron chi connectivity index (χ4n) is 5.48. The lowest BCUT2D eigenvalue weighted by molar-refractivity contribution is -0.141.